The smallest absolute Gasteiger partial charge is 0.306 e. The van der Waals surface area contributed by atoms with Crippen molar-refractivity contribution in [2.45, 2.75) is 180 Å². The predicted octanol–water partition coefficient (Wildman–Crippen LogP) is 11.1. The Hall–Kier alpha value is -1.77. The van der Waals surface area contributed by atoms with Crippen molar-refractivity contribution in [3.8, 4) is 0 Å². The molecule has 0 aromatic heterocycles. The molecule has 0 saturated heterocycles. The van der Waals surface area contributed by atoms with Crippen LogP contribution in [0.2, 0.25) is 0 Å². The molecule has 0 amide bonds. The molecule has 0 aliphatic rings. The molecule has 0 saturated carbocycles. The van der Waals surface area contributed by atoms with Crippen LogP contribution in [-0.4, -0.2) is 70.0 Å². The van der Waals surface area contributed by atoms with Crippen LogP contribution in [0.15, 0.2) is 36.5 Å². The van der Waals surface area contributed by atoms with Gasteiger partial charge >= 0.3 is 11.9 Å². The van der Waals surface area contributed by atoms with Gasteiger partial charge in [-0.1, -0.05) is 153 Å². The van der Waals surface area contributed by atoms with Gasteiger partial charge in [0.25, 0.3) is 7.82 Å². The zero-order valence-corrected chi connectivity index (χ0v) is 35.6. The highest BCUT2D eigenvalue weighted by Crippen LogP contribution is 2.38. The van der Waals surface area contributed by atoms with Crippen LogP contribution < -0.4 is 4.89 Å². The second-order valence-corrected chi connectivity index (χ2v) is 16.7. The standard InChI is InChI=1S/C43H80NO8P/c1-6-8-10-12-14-16-18-20-22-24-26-28-30-32-34-36-43(46)52-41(40-51-53(47,48)50-38-37-44(3,4)5)39-49-42(45)35-33-31-29-27-25-23-21-19-17-15-13-11-9-7-2/h8,10,14,16,20,22,41H,6-7,9,11-13,15,17-19,21,23-40H2,1-5H3/b10-8-,16-14-,22-20-/t41-/m1/s1. The first kappa shape index (κ1) is 51.2. The van der Waals surface area contributed by atoms with Gasteiger partial charge in [-0.15, -0.1) is 0 Å². The Balaban J connectivity index is 4.40. The number of quaternary nitrogens is 1. The molecule has 0 radical (unpaired) electrons. The van der Waals surface area contributed by atoms with Crippen molar-refractivity contribution in [3.05, 3.63) is 36.5 Å². The van der Waals surface area contributed by atoms with E-state index in [0.29, 0.717) is 17.4 Å². The van der Waals surface area contributed by atoms with E-state index in [0.717, 1.165) is 70.6 Å². The van der Waals surface area contributed by atoms with Gasteiger partial charge in [0.1, 0.15) is 19.8 Å². The molecule has 1 unspecified atom stereocenters. The number of carbonyl (C=O) groups excluding carboxylic acids is 2. The number of esters is 2. The number of hydrogen-bond donors (Lipinski definition) is 0. The topological polar surface area (TPSA) is 111 Å². The molecule has 0 aliphatic carbocycles. The second kappa shape index (κ2) is 35.9. The molecule has 9 nitrogen and oxygen atoms in total. The van der Waals surface area contributed by atoms with E-state index in [2.05, 4.69) is 50.3 Å². The molecule has 0 N–H and O–H groups in total. The molecular weight excluding hydrogens is 689 g/mol. The molecule has 0 rings (SSSR count). The van der Waals surface area contributed by atoms with Crippen molar-refractivity contribution < 1.29 is 42.1 Å². The summed E-state index contributed by atoms with van der Waals surface area (Å²) in [6.45, 7) is 4.09. The fraction of sp³-hybridized carbons (Fsp3) is 0.814. The zero-order valence-electron chi connectivity index (χ0n) is 34.7. The molecule has 0 aromatic carbocycles. The molecule has 0 spiro atoms. The van der Waals surface area contributed by atoms with E-state index < -0.39 is 26.5 Å². The highest BCUT2D eigenvalue weighted by atomic mass is 31.2. The van der Waals surface area contributed by atoms with Gasteiger partial charge < -0.3 is 27.9 Å². The number of hydrogen-bond acceptors (Lipinski definition) is 8. The van der Waals surface area contributed by atoms with Gasteiger partial charge in [0, 0.05) is 12.8 Å². The van der Waals surface area contributed by atoms with E-state index in [1.165, 1.54) is 70.6 Å². The zero-order chi connectivity index (χ0) is 39.3. The summed E-state index contributed by atoms with van der Waals surface area (Å²) in [5.41, 5.74) is 0. The van der Waals surface area contributed by atoms with E-state index >= 15 is 0 Å². The van der Waals surface area contributed by atoms with Crippen LogP contribution in [0.4, 0.5) is 0 Å². The lowest BCUT2D eigenvalue weighted by atomic mass is 10.0. The molecule has 0 aromatic rings. The summed E-state index contributed by atoms with van der Waals surface area (Å²) in [7, 11) is 1.15. The Morgan fingerprint density at radius 3 is 1.60 bits per heavy atom. The van der Waals surface area contributed by atoms with E-state index in [4.69, 9.17) is 18.5 Å². The fourth-order valence-electron chi connectivity index (χ4n) is 5.61. The van der Waals surface area contributed by atoms with Crippen LogP contribution >= 0.6 is 7.82 Å². The van der Waals surface area contributed by atoms with Gasteiger partial charge in [-0.25, -0.2) is 0 Å². The molecule has 10 heteroatoms. The van der Waals surface area contributed by atoms with Gasteiger partial charge in [-0.05, 0) is 44.9 Å². The third kappa shape index (κ3) is 39.7. The Morgan fingerprint density at radius 1 is 0.604 bits per heavy atom. The summed E-state index contributed by atoms with van der Waals surface area (Å²) in [6, 6.07) is 0. The number of rotatable bonds is 38. The average Bonchev–Trinajstić information content (AvgIpc) is 3.10. The molecule has 310 valence electrons. The van der Waals surface area contributed by atoms with Crippen LogP contribution in [0.5, 0.6) is 0 Å². The quantitative estimate of drug-likeness (QED) is 0.0201. The Kier molecular flexibility index (Phi) is 34.7. The highest BCUT2D eigenvalue weighted by molar-refractivity contribution is 7.45. The maximum atomic E-state index is 12.6. The lowest BCUT2D eigenvalue weighted by Crippen LogP contribution is -2.37. The minimum Gasteiger partial charge on any atom is -0.756 e. The molecule has 0 fully saturated rings. The number of nitrogens with zero attached hydrogens (tertiary/aromatic N) is 1. The maximum Gasteiger partial charge on any atom is 0.306 e. The minimum absolute atomic E-state index is 0.0340. The van der Waals surface area contributed by atoms with Crippen molar-refractivity contribution in [1.29, 1.82) is 0 Å². The molecule has 0 heterocycles. The monoisotopic (exact) mass is 770 g/mol. The van der Waals surface area contributed by atoms with Gasteiger partial charge in [-0.3, -0.25) is 14.2 Å². The maximum absolute atomic E-state index is 12.6. The first-order valence-electron chi connectivity index (χ1n) is 21.2. The summed E-state index contributed by atoms with van der Waals surface area (Å²) in [6.07, 6.45) is 38.8. The predicted molar refractivity (Wildman–Crippen MR) is 217 cm³/mol. The van der Waals surface area contributed by atoms with Crippen LogP contribution in [0, 0.1) is 0 Å². The summed E-state index contributed by atoms with van der Waals surface area (Å²) in [4.78, 5) is 37.5. The fourth-order valence-corrected chi connectivity index (χ4v) is 6.34. The van der Waals surface area contributed by atoms with Gasteiger partial charge in [0.2, 0.25) is 0 Å². The third-order valence-electron chi connectivity index (χ3n) is 8.92. The summed E-state index contributed by atoms with van der Waals surface area (Å²) < 4.78 is 33.8. The lowest BCUT2D eigenvalue weighted by Gasteiger charge is -2.28. The first-order chi connectivity index (χ1) is 25.5. The number of allylic oxidation sites excluding steroid dienone is 6. The summed E-state index contributed by atoms with van der Waals surface area (Å²) in [5, 5.41) is 0. The molecular formula is C43H80NO8P. The van der Waals surface area contributed by atoms with Gasteiger partial charge in [0.05, 0.1) is 27.7 Å². The number of phosphoric acid groups is 1. The van der Waals surface area contributed by atoms with Crippen LogP contribution in [0.1, 0.15) is 174 Å². The number of likely N-dealkylation sites (N-methyl/N-ethyl adjacent to an activating group) is 1. The number of carbonyl (C=O) groups is 2. The molecule has 53 heavy (non-hydrogen) atoms. The largest absolute Gasteiger partial charge is 0.756 e. The van der Waals surface area contributed by atoms with Crippen LogP contribution in [0.3, 0.4) is 0 Å². The number of ether oxygens (including phenoxy) is 2. The Bertz CT molecular complexity index is 1010. The Morgan fingerprint density at radius 2 is 1.08 bits per heavy atom. The first-order valence-corrected chi connectivity index (χ1v) is 22.7. The average molecular weight is 770 g/mol. The Labute approximate surface area is 325 Å². The van der Waals surface area contributed by atoms with E-state index in [1.54, 1.807) is 0 Å². The van der Waals surface area contributed by atoms with Crippen molar-refractivity contribution in [2.24, 2.45) is 0 Å². The van der Waals surface area contributed by atoms with Crippen LogP contribution in [0.25, 0.3) is 0 Å². The lowest BCUT2D eigenvalue weighted by molar-refractivity contribution is -0.870. The molecule has 0 aliphatic heterocycles. The normalized spacial score (nSPS) is 14.0. The summed E-state index contributed by atoms with van der Waals surface area (Å²) >= 11 is 0. The van der Waals surface area contributed by atoms with E-state index in [9.17, 15) is 19.0 Å². The molecule has 0 bridgehead atoms. The SMILES string of the molecule is CC/C=C\C/C=C\C/C=C\CCCCCCCC(=O)O[C@H](COC(=O)CCCCCCCCCCCCCCCC)COP(=O)([O-])OCC[N+](C)(C)C. The summed E-state index contributed by atoms with van der Waals surface area (Å²) in [5.74, 6) is -0.852. The van der Waals surface area contributed by atoms with Crippen molar-refractivity contribution in [1.82, 2.24) is 0 Å². The third-order valence-corrected chi connectivity index (χ3v) is 9.89. The van der Waals surface area contributed by atoms with Crippen molar-refractivity contribution in [2.75, 3.05) is 47.5 Å². The van der Waals surface area contributed by atoms with E-state index in [-0.39, 0.29) is 32.0 Å². The van der Waals surface area contributed by atoms with Gasteiger partial charge in [0.15, 0.2) is 6.10 Å². The van der Waals surface area contributed by atoms with Crippen LogP contribution in [-0.2, 0) is 32.7 Å². The highest BCUT2D eigenvalue weighted by Gasteiger charge is 2.21. The number of phosphoric ester groups is 1. The van der Waals surface area contributed by atoms with E-state index in [1.807, 2.05) is 21.1 Å². The van der Waals surface area contributed by atoms with Crippen molar-refractivity contribution in [3.63, 3.8) is 0 Å². The van der Waals surface area contributed by atoms with Crippen molar-refractivity contribution >= 4 is 19.8 Å². The van der Waals surface area contributed by atoms with Gasteiger partial charge in [-0.2, -0.15) is 0 Å². The minimum atomic E-state index is -4.62. The second-order valence-electron chi connectivity index (χ2n) is 15.3. The number of unbranched alkanes of at least 4 members (excludes halogenated alkanes) is 18. The molecule has 2 atom stereocenters.